The lowest BCUT2D eigenvalue weighted by Crippen LogP contribution is -2.23. The maximum Gasteiger partial charge on any atom is 0.193 e. The van der Waals surface area contributed by atoms with Crippen LogP contribution in [0.1, 0.15) is 11.1 Å². The molecule has 0 unspecified atom stereocenters. The first-order valence-electron chi connectivity index (χ1n) is 6.37. The summed E-state index contributed by atoms with van der Waals surface area (Å²) >= 11 is 5.73. The van der Waals surface area contributed by atoms with E-state index in [0.29, 0.717) is 17.7 Å². The van der Waals surface area contributed by atoms with Gasteiger partial charge in [0, 0.05) is 18.4 Å². The lowest BCUT2D eigenvalue weighted by atomic mass is 10.2. The van der Waals surface area contributed by atoms with E-state index in [9.17, 15) is 0 Å². The molecule has 0 aliphatic rings. The van der Waals surface area contributed by atoms with Crippen molar-refractivity contribution in [1.29, 1.82) is 0 Å². The van der Waals surface area contributed by atoms with Gasteiger partial charge in [-0.15, -0.1) is 0 Å². The molecule has 2 rings (SSSR count). The fourth-order valence-corrected chi connectivity index (χ4v) is 1.88. The third-order valence-electron chi connectivity index (χ3n) is 2.76. The second kappa shape index (κ2) is 6.91. The minimum absolute atomic E-state index is 0.414. The first kappa shape index (κ1) is 14.3. The number of nitrogens with zero attached hydrogens (tertiary/aromatic N) is 2. The number of aryl methyl sites for hydroxylation is 1. The van der Waals surface area contributed by atoms with Gasteiger partial charge in [0.1, 0.15) is 5.15 Å². The van der Waals surface area contributed by atoms with Crippen molar-refractivity contribution in [2.75, 3.05) is 11.9 Å². The minimum atomic E-state index is 0.414. The van der Waals surface area contributed by atoms with Gasteiger partial charge in [-0.3, -0.25) is 4.99 Å². The zero-order chi connectivity index (χ0) is 14.4. The first-order chi connectivity index (χ1) is 9.63. The van der Waals surface area contributed by atoms with Gasteiger partial charge in [0.15, 0.2) is 5.96 Å². The van der Waals surface area contributed by atoms with Gasteiger partial charge in [0.05, 0.1) is 0 Å². The molecule has 0 saturated heterocycles. The van der Waals surface area contributed by atoms with E-state index in [1.54, 1.807) is 12.3 Å². The van der Waals surface area contributed by atoms with Crippen LogP contribution in [0.4, 0.5) is 5.69 Å². The molecule has 1 aromatic heterocycles. The van der Waals surface area contributed by atoms with Crippen LogP contribution in [0.25, 0.3) is 0 Å². The number of anilines is 1. The molecule has 0 fully saturated rings. The summed E-state index contributed by atoms with van der Waals surface area (Å²) in [5.41, 5.74) is 9.05. The SMILES string of the molecule is Cc1cccc(NC(N)=NCCc2ccc(Cl)nc2)c1. The molecule has 2 aromatic rings. The second-order valence-corrected chi connectivity index (χ2v) is 4.89. The zero-order valence-electron chi connectivity index (χ0n) is 11.3. The monoisotopic (exact) mass is 288 g/mol. The summed E-state index contributed by atoms with van der Waals surface area (Å²) in [5, 5.41) is 3.57. The predicted octanol–water partition coefficient (Wildman–Crippen LogP) is 3.01. The number of halogens is 1. The van der Waals surface area contributed by atoms with Crippen molar-refractivity contribution in [3.63, 3.8) is 0 Å². The Kier molecular flexibility index (Phi) is 4.96. The maximum absolute atomic E-state index is 5.85. The van der Waals surface area contributed by atoms with Crippen LogP contribution in [0.3, 0.4) is 0 Å². The molecule has 104 valence electrons. The fraction of sp³-hybridized carbons (Fsp3) is 0.200. The molecule has 20 heavy (non-hydrogen) atoms. The number of hydrogen-bond acceptors (Lipinski definition) is 2. The van der Waals surface area contributed by atoms with Gasteiger partial charge < -0.3 is 11.1 Å². The number of hydrogen-bond donors (Lipinski definition) is 2. The summed E-state index contributed by atoms with van der Waals surface area (Å²) in [5.74, 6) is 0.414. The zero-order valence-corrected chi connectivity index (χ0v) is 12.1. The van der Waals surface area contributed by atoms with Gasteiger partial charge >= 0.3 is 0 Å². The summed E-state index contributed by atoms with van der Waals surface area (Å²) in [4.78, 5) is 8.31. The molecular formula is C15H17ClN4. The lowest BCUT2D eigenvalue weighted by molar-refractivity contribution is 0.955. The Morgan fingerprint density at radius 2 is 2.20 bits per heavy atom. The molecule has 4 nitrogen and oxygen atoms in total. The van der Waals surface area contributed by atoms with Gasteiger partial charge in [0.2, 0.25) is 0 Å². The van der Waals surface area contributed by atoms with Gasteiger partial charge in [-0.1, -0.05) is 29.8 Å². The molecule has 1 aromatic carbocycles. The van der Waals surface area contributed by atoms with E-state index < -0.39 is 0 Å². The highest BCUT2D eigenvalue weighted by molar-refractivity contribution is 6.29. The normalized spacial score (nSPS) is 11.4. The van der Waals surface area contributed by atoms with Crippen LogP contribution in [0.5, 0.6) is 0 Å². The Labute approximate surface area is 123 Å². The highest BCUT2D eigenvalue weighted by atomic mass is 35.5. The Hall–Kier alpha value is -2.07. The Morgan fingerprint density at radius 3 is 2.90 bits per heavy atom. The molecule has 0 radical (unpaired) electrons. The predicted molar refractivity (Wildman–Crippen MR) is 84.2 cm³/mol. The van der Waals surface area contributed by atoms with Gasteiger partial charge in [0.25, 0.3) is 0 Å². The van der Waals surface area contributed by atoms with Crippen molar-refractivity contribution >= 4 is 23.2 Å². The second-order valence-electron chi connectivity index (χ2n) is 4.50. The van der Waals surface area contributed by atoms with Gasteiger partial charge in [-0.2, -0.15) is 0 Å². The molecule has 0 bridgehead atoms. The highest BCUT2D eigenvalue weighted by Crippen LogP contribution is 2.09. The van der Waals surface area contributed by atoms with Crippen molar-refractivity contribution in [2.45, 2.75) is 13.3 Å². The Balaban J connectivity index is 1.86. The standard InChI is InChI=1S/C15H17ClN4/c1-11-3-2-4-13(9-11)20-15(17)18-8-7-12-5-6-14(16)19-10-12/h2-6,9-10H,7-8H2,1H3,(H3,17,18,20). The molecule has 0 saturated carbocycles. The van der Waals surface area contributed by atoms with Crippen LogP contribution in [0, 0.1) is 6.92 Å². The largest absolute Gasteiger partial charge is 0.370 e. The topological polar surface area (TPSA) is 63.3 Å². The number of aliphatic imine (C=N–C) groups is 1. The molecule has 0 atom stereocenters. The Morgan fingerprint density at radius 1 is 1.35 bits per heavy atom. The highest BCUT2D eigenvalue weighted by Gasteiger charge is 1.97. The lowest BCUT2D eigenvalue weighted by Gasteiger charge is -2.06. The number of rotatable bonds is 4. The van der Waals surface area contributed by atoms with E-state index in [4.69, 9.17) is 17.3 Å². The fourth-order valence-electron chi connectivity index (χ4n) is 1.77. The van der Waals surface area contributed by atoms with E-state index in [1.165, 1.54) is 5.56 Å². The number of guanidine groups is 1. The number of pyridine rings is 1. The summed E-state index contributed by atoms with van der Waals surface area (Å²) < 4.78 is 0. The van der Waals surface area contributed by atoms with Crippen molar-refractivity contribution in [3.05, 3.63) is 58.9 Å². The van der Waals surface area contributed by atoms with Crippen molar-refractivity contribution in [2.24, 2.45) is 10.7 Å². The van der Waals surface area contributed by atoms with E-state index in [1.807, 2.05) is 37.3 Å². The van der Waals surface area contributed by atoms with Crippen LogP contribution in [0.15, 0.2) is 47.6 Å². The van der Waals surface area contributed by atoms with Crippen molar-refractivity contribution < 1.29 is 0 Å². The number of aromatic nitrogens is 1. The number of nitrogens with two attached hydrogens (primary N) is 1. The molecule has 0 aliphatic carbocycles. The molecule has 0 aliphatic heterocycles. The third-order valence-corrected chi connectivity index (χ3v) is 2.99. The van der Waals surface area contributed by atoms with Crippen LogP contribution in [-0.2, 0) is 6.42 Å². The molecule has 0 spiro atoms. The van der Waals surface area contributed by atoms with E-state index in [-0.39, 0.29) is 0 Å². The van der Waals surface area contributed by atoms with Crippen LogP contribution in [0.2, 0.25) is 5.15 Å². The number of nitrogens with one attached hydrogen (secondary N) is 1. The van der Waals surface area contributed by atoms with Crippen molar-refractivity contribution in [1.82, 2.24) is 4.98 Å². The summed E-state index contributed by atoms with van der Waals surface area (Å²) in [6.45, 7) is 2.64. The first-order valence-corrected chi connectivity index (χ1v) is 6.75. The molecule has 5 heteroatoms. The number of benzene rings is 1. The van der Waals surface area contributed by atoms with Crippen LogP contribution >= 0.6 is 11.6 Å². The van der Waals surface area contributed by atoms with Gasteiger partial charge in [-0.05, 0) is 42.7 Å². The van der Waals surface area contributed by atoms with E-state index in [2.05, 4.69) is 15.3 Å². The average molecular weight is 289 g/mol. The smallest absolute Gasteiger partial charge is 0.193 e. The summed E-state index contributed by atoms with van der Waals surface area (Å²) in [6.07, 6.45) is 2.53. The molecule has 3 N–H and O–H groups in total. The molecular weight excluding hydrogens is 272 g/mol. The van der Waals surface area contributed by atoms with E-state index in [0.717, 1.165) is 17.7 Å². The van der Waals surface area contributed by atoms with Crippen LogP contribution < -0.4 is 11.1 Å². The van der Waals surface area contributed by atoms with Gasteiger partial charge in [-0.25, -0.2) is 4.98 Å². The Bertz CT molecular complexity index is 593. The third kappa shape index (κ3) is 4.55. The summed E-state index contributed by atoms with van der Waals surface area (Å²) in [6, 6.07) is 11.7. The van der Waals surface area contributed by atoms with Crippen LogP contribution in [-0.4, -0.2) is 17.5 Å². The quantitative estimate of drug-likeness (QED) is 0.516. The minimum Gasteiger partial charge on any atom is -0.370 e. The average Bonchev–Trinajstić information content (AvgIpc) is 2.41. The van der Waals surface area contributed by atoms with E-state index >= 15 is 0 Å². The maximum atomic E-state index is 5.85. The molecule has 1 heterocycles. The summed E-state index contributed by atoms with van der Waals surface area (Å²) in [7, 11) is 0. The molecule has 0 amide bonds. The van der Waals surface area contributed by atoms with Crippen molar-refractivity contribution in [3.8, 4) is 0 Å².